The van der Waals surface area contributed by atoms with E-state index in [1.165, 1.54) is 23.1 Å². The maximum Gasteiger partial charge on any atom is 0.251 e. The second kappa shape index (κ2) is 7.67. The van der Waals surface area contributed by atoms with E-state index in [-0.39, 0.29) is 23.3 Å². The Morgan fingerprint density at radius 3 is 2.59 bits per heavy atom. The lowest BCUT2D eigenvalue weighted by molar-refractivity contribution is -0.123. The minimum absolute atomic E-state index is 0.0984. The van der Waals surface area contributed by atoms with Gasteiger partial charge in [-0.25, -0.2) is 9.29 Å². The summed E-state index contributed by atoms with van der Waals surface area (Å²) in [6.07, 6.45) is 0.152. The van der Waals surface area contributed by atoms with Crippen molar-refractivity contribution in [1.82, 2.24) is 9.80 Å². The molecule has 0 unspecified atom stereocenters. The molecule has 5 nitrogen and oxygen atoms in total. The minimum Gasteiger partial charge on any atom is -0.296 e. The highest BCUT2D eigenvalue weighted by molar-refractivity contribution is 7.09. The molecule has 2 saturated heterocycles. The Labute approximate surface area is 165 Å². The summed E-state index contributed by atoms with van der Waals surface area (Å²) < 4.78 is 13.4. The van der Waals surface area contributed by atoms with Gasteiger partial charge in [0, 0.05) is 37.6 Å². The van der Waals surface area contributed by atoms with E-state index in [9.17, 15) is 14.0 Å². The van der Waals surface area contributed by atoms with E-state index in [1.54, 1.807) is 11.3 Å². The summed E-state index contributed by atoms with van der Waals surface area (Å²) >= 11 is 7.55. The minimum atomic E-state index is -0.571. The molecule has 1 aromatic carbocycles. The number of piperazine rings is 1. The Morgan fingerprint density at radius 1 is 1.15 bits per heavy atom. The van der Waals surface area contributed by atoms with Crippen LogP contribution in [-0.4, -0.2) is 53.8 Å². The Kier molecular flexibility index (Phi) is 5.27. The largest absolute Gasteiger partial charge is 0.296 e. The van der Waals surface area contributed by atoms with Crippen molar-refractivity contribution in [3.8, 4) is 0 Å². The second-order valence-electron chi connectivity index (χ2n) is 6.78. The molecule has 2 fully saturated rings. The van der Waals surface area contributed by atoms with Crippen molar-refractivity contribution >= 4 is 40.4 Å². The van der Waals surface area contributed by atoms with Gasteiger partial charge in [0.15, 0.2) is 0 Å². The van der Waals surface area contributed by atoms with Crippen LogP contribution < -0.4 is 4.90 Å². The molecule has 0 saturated carbocycles. The fourth-order valence-electron chi connectivity index (χ4n) is 3.65. The van der Waals surface area contributed by atoms with Gasteiger partial charge in [0.2, 0.25) is 5.91 Å². The van der Waals surface area contributed by atoms with Crippen molar-refractivity contribution < 1.29 is 14.0 Å². The molecule has 2 amide bonds. The summed E-state index contributed by atoms with van der Waals surface area (Å²) in [4.78, 5) is 32.2. The number of carbonyl (C=O) groups excluding carboxylic acids is 2. The first-order valence-corrected chi connectivity index (χ1v) is 10.1. The highest BCUT2D eigenvalue weighted by Crippen LogP contribution is 2.29. The zero-order valence-corrected chi connectivity index (χ0v) is 16.2. The van der Waals surface area contributed by atoms with Crippen molar-refractivity contribution in [2.45, 2.75) is 19.0 Å². The van der Waals surface area contributed by atoms with Gasteiger partial charge >= 0.3 is 0 Å². The standard InChI is InChI=1S/C19H19ClFN3O2S/c20-15-10-13(3-4-16(15)21)24-18(25)11-17(19(24)26)23-7-5-22(6-8-23)12-14-2-1-9-27-14/h1-4,9-10,17H,5-8,11-12H2/t17-/m0/s1. The number of halogens is 2. The molecule has 0 spiro atoms. The normalized spacial score (nSPS) is 22.0. The summed E-state index contributed by atoms with van der Waals surface area (Å²) in [7, 11) is 0. The molecule has 2 aromatic rings. The SMILES string of the molecule is O=C1C[C@H](N2CCN(Cc3cccs3)CC2)C(=O)N1c1ccc(F)c(Cl)c1. The second-order valence-corrected chi connectivity index (χ2v) is 8.22. The third-order valence-electron chi connectivity index (χ3n) is 5.09. The first kappa shape index (κ1) is 18.6. The van der Waals surface area contributed by atoms with Crippen LogP contribution in [0.4, 0.5) is 10.1 Å². The van der Waals surface area contributed by atoms with Crippen LogP contribution in [-0.2, 0) is 16.1 Å². The molecule has 8 heteroatoms. The van der Waals surface area contributed by atoms with E-state index in [2.05, 4.69) is 27.3 Å². The van der Waals surface area contributed by atoms with Crippen LogP contribution in [0.25, 0.3) is 0 Å². The average Bonchev–Trinajstić information content (AvgIpc) is 3.26. The number of nitrogens with zero attached hydrogens (tertiary/aromatic N) is 3. The van der Waals surface area contributed by atoms with Gasteiger partial charge < -0.3 is 0 Å². The lowest BCUT2D eigenvalue weighted by atomic mass is 10.1. The predicted octanol–water partition coefficient (Wildman–Crippen LogP) is 2.99. The number of hydrogen-bond donors (Lipinski definition) is 0. The first-order valence-electron chi connectivity index (χ1n) is 8.83. The van der Waals surface area contributed by atoms with Crippen molar-refractivity contribution in [3.05, 3.63) is 51.4 Å². The van der Waals surface area contributed by atoms with Crippen LogP contribution in [0.3, 0.4) is 0 Å². The van der Waals surface area contributed by atoms with Crippen LogP contribution >= 0.6 is 22.9 Å². The topological polar surface area (TPSA) is 43.9 Å². The summed E-state index contributed by atoms with van der Waals surface area (Å²) in [6, 6.07) is 7.64. The molecule has 0 radical (unpaired) electrons. The maximum absolute atomic E-state index is 13.4. The average molecular weight is 408 g/mol. The Morgan fingerprint density at radius 2 is 1.93 bits per heavy atom. The van der Waals surface area contributed by atoms with Crippen LogP contribution in [0.2, 0.25) is 5.02 Å². The molecule has 2 aliphatic heterocycles. The molecule has 0 aliphatic carbocycles. The molecule has 142 valence electrons. The van der Waals surface area contributed by atoms with Crippen LogP contribution in [0.5, 0.6) is 0 Å². The lowest BCUT2D eigenvalue weighted by Gasteiger charge is -2.36. The number of imide groups is 1. The predicted molar refractivity (Wildman–Crippen MR) is 103 cm³/mol. The van der Waals surface area contributed by atoms with E-state index in [4.69, 9.17) is 11.6 Å². The lowest BCUT2D eigenvalue weighted by Crippen LogP contribution is -2.52. The highest BCUT2D eigenvalue weighted by Gasteiger charge is 2.43. The van der Waals surface area contributed by atoms with Gasteiger partial charge in [-0.1, -0.05) is 17.7 Å². The summed E-state index contributed by atoms with van der Waals surface area (Å²) in [6.45, 7) is 4.12. The molecule has 2 aliphatic rings. The molecular formula is C19H19ClFN3O2S. The van der Waals surface area contributed by atoms with Gasteiger partial charge in [0.1, 0.15) is 5.82 Å². The molecular weight excluding hydrogens is 389 g/mol. The van der Waals surface area contributed by atoms with E-state index >= 15 is 0 Å². The van der Waals surface area contributed by atoms with Gasteiger partial charge in [-0.05, 0) is 29.6 Å². The van der Waals surface area contributed by atoms with Gasteiger partial charge in [0.25, 0.3) is 5.91 Å². The molecule has 4 rings (SSSR count). The number of thiophene rings is 1. The number of amides is 2. The van der Waals surface area contributed by atoms with Gasteiger partial charge in [-0.3, -0.25) is 19.4 Å². The highest BCUT2D eigenvalue weighted by atomic mass is 35.5. The smallest absolute Gasteiger partial charge is 0.251 e. The third-order valence-corrected chi connectivity index (χ3v) is 6.24. The van der Waals surface area contributed by atoms with Gasteiger partial charge in [-0.15, -0.1) is 11.3 Å². The van der Waals surface area contributed by atoms with Crippen LogP contribution in [0, 0.1) is 5.82 Å². The van der Waals surface area contributed by atoms with E-state index in [1.807, 2.05) is 0 Å². The molecule has 1 atom stereocenters. The Balaban J connectivity index is 1.41. The van der Waals surface area contributed by atoms with E-state index in [0.717, 1.165) is 37.6 Å². The number of rotatable bonds is 4. The van der Waals surface area contributed by atoms with Crippen molar-refractivity contribution in [3.63, 3.8) is 0 Å². The number of benzene rings is 1. The van der Waals surface area contributed by atoms with Gasteiger partial charge in [-0.2, -0.15) is 0 Å². The summed E-state index contributed by atoms with van der Waals surface area (Å²) in [5, 5.41) is 1.98. The maximum atomic E-state index is 13.4. The number of carbonyl (C=O) groups is 2. The van der Waals surface area contributed by atoms with E-state index < -0.39 is 11.9 Å². The number of anilines is 1. The molecule has 0 bridgehead atoms. The molecule has 3 heterocycles. The quantitative estimate of drug-likeness (QED) is 0.731. The molecule has 27 heavy (non-hydrogen) atoms. The molecule has 1 aromatic heterocycles. The zero-order chi connectivity index (χ0) is 19.0. The van der Waals surface area contributed by atoms with Crippen molar-refractivity contribution in [2.24, 2.45) is 0 Å². The third kappa shape index (κ3) is 3.78. The summed E-state index contributed by atoms with van der Waals surface area (Å²) in [5.74, 6) is -1.10. The molecule has 0 N–H and O–H groups in total. The Hall–Kier alpha value is -1.80. The fourth-order valence-corrected chi connectivity index (χ4v) is 4.57. The van der Waals surface area contributed by atoms with E-state index in [0.29, 0.717) is 5.69 Å². The van der Waals surface area contributed by atoms with Gasteiger partial charge in [0.05, 0.1) is 23.2 Å². The van der Waals surface area contributed by atoms with Crippen molar-refractivity contribution in [1.29, 1.82) is 0 Å². The number of hydrogen-bond acceptors (Lipinski definition) is 5. The van der Waals surface area contributed by atoms with Crippen LogP contribution in [0.15, 0.2) is 35.7 Å². The monoisotopic (exact) mass is 407 g/mol. The van der Waals surface area contributed by atoms with Crippen LogP contribution in [0.1, 0.15) is 11.3 Å². The first-order chi connectivity index (χ1) is 13.0. The zero-order valence-electron chi connectivity index (χ0n) is 14.6. The van der Waals surface area contributed by atoms with Crippen molar-refractivity contribution in [2.75, 3.05) is 31.1 Å². The summed E-state index contributed by atoms with van der Waals surface area (Å²) in [5.41, 5.74) is 0.329. The fraction of sp³-hybridized carbons (Fsp3) is 0.368. The Bertz CT molecular complexity index is 853.